The number of hydrogen-bond donors (Lipinski definition) is 7. The van der Waals surface area contributed by atoms with Crippen LogP contribution in [0.1, 0.15) is 19.1 Å². The number of aliphatic imine (C=N–C) groups is 1. The minimum absolute atomic E-state index is 0. The summed E-state index contributed by atoms with van der Waals surface area (Å²) in [5.41, 5.74) is 21.8. The van der Waals surface area contributed by atoms with Gasteiger partial charge in [0.05, 0.1) is 12.9 Å². The van der Waals surface area contributed by atoms with Crippen molar-refractivity contribution in [1.82, 2.24) is 19.5 Å². The second-order valence-electron chi connectivity index (χ2n) is 7.37. The van der Waals surface area contributed by atoms with E-state index in [9.17, 15) is 19.4 Å². The molecule has 0 bridgehead atoms. The number of nitrogens with zero attached hydrogens (tertiary/aromatic N) is 5. The number of carbonyl (C=O) groups is 1. The van der Waals surface area contributed by atoms with Crippen molar-refractivity contribution in [2.45, 2.75) is 43.4 Å². The van der Waals surface area contributed by atoms with Gasteiger partial charge in [0.25, 0.3) is 0 Å². The van der Waals surface area contributed by atoms with Gasteiger partial charge in [0.1, 0.15) is 36.2 Å². The van der Waals surface area contributed by atoms with Gasteiger partial charge < -0.3 is 48.3 Å². The maximum Gasteiger partial charge on any atom is 0.472 e. The molecule has 0 aromatic carbocycles. The van der Waals surface area contributed by atoms with E-state index in [-0.39, 0.29) is 23.9 Å². The fourth-order valence-electron chi connectivity index (χ4n) is 3.26. The van der Waals surface area contributed by atoms with Gasteiger partial charge in [-0.3, -0.25) is 23.4 Å². The number of nitrogens with two attached hydrogens (primary N) is 4. The molecule has 13 N–H and O–H groups in total. The molecule has 196 valence electrons. The van der Waals surface area contributed by atoms with E-state index in [1.54, 1.807) is 0 Å². The molecule has 19 heteroatoms. The standard InChI is InChI=1S/C10H12N5O6P.C6H14N4O2.H2O/c11-8-5-9(13-2-12-8)15(3-14-5)10-6(16)7-4(20-10)1-19-22(17,18)21-7;7-4(5(11)12)2-1-3-10-6(8)9;/h2-4,6-7,10,16H,1H2,(H,17,18)(H2,11,12,13);4H,1-3,7H2,(H,11,12)(H4,8,9,10);1H2/t4-,6-,7-,10-;4-;/m10./s1. The Morgan fingerprint density at radius 1 is 1.34 bits per heavy atom. The molecule has 2 fully saturated rings. The molecular weight excluding hydrogens is 493 g/mol. The number of rotatable bonds is 6. The molecule has 0 radical (unpaired) electrons. The van der Waals surface area contributed by atoms with Gasteiger partial charge in [-0.1, -0.05) is 0 Å². The molecule has 2 aliphatic heterocycles. The fourth-order valence-corrected chi connectivity index (χ4v) is 4.23. The molecule has 2 aromatic rings. The number of hydrogen-bond acceptors (Lipinski definition) is 12. The lowest BCUT2D eigenvalue weighted by atomic mass is 10.1. The number of phosphoric ester groups is 1. The lowest BCUT2D eigenvalue weighted by molar-refractivity contribution is -0.138. The van der Waals surface area contributed by atoms with Crippen molar-refractivity contribution in [3.05, 3.63) is 12.7 Å². The summed E-state index contributed by atoms with van der Waals surface area (Å²) in [4.78, 5) is 35.2. The molecule has 4 rings (SSSR count). The minimum atomic E-state index is -4.16. The summed E-state index contributed by atoms with van der Waals surface area (Å²) in [6.07, 6.45) is -0.111. The molecule has 0 aliphatic carbocycles. The second kappa shape index (κ2) is 11.6. The van der Waals surface area contributed by atoms with Crippen LogP contribution in [0.2, 0.25) is 0 Å². The van der Waals surface area contributed by atoms with E-state index in [2.05, 4.69) is 24.5 Å². The summed E-state index contributed by atoms with van der Waals surface area (Å²) in [6.45, 7) is 0.263. The Morgan fingerprint density at radius 2 is 2.06 bits per heavy atom. The Balaban J connectivity index is 0.000000288. The summed E-state index contributed by atoms with van der Waals surface area (Å²) in [5.74, 6) is -0.785. The predicted octanol–water partition coefficient (Wildman–Crippen LogP) is -3.19. The molecule has 2 aliphatic rings. The van der Waals surface area contributed by atoms with E-state index in [1.807, 2.05) is 0 Å². The Labute approximate surface area is 197 Å². The molecule has 1 unspecified atom stereocenters. The highest BCUT2D eigenvalue weighted by molar-refractivity contribution is 7.47. The number of fused-ring (bicyclic) bond motifs is 2. The Morgan fingerprint density at radius 3 is 2.71 bits per heavy atom. The number of aromatic nitrogens is 4. The quantitative estimate of drug-likeness (QED) is 0.0852. The zero-order valence-corrected chi connectivity index (χ0v) is 19.1. The van der Waals surface area contributed by atoms with Crippen LogP contribution in [0.15, 0.2) is 17.6 Å². The van der Waals surface area contributed by atoms with Crippen LogP contribution in [0.4, 0.5) is 5.82 Å². The first kappa shape index (κ1) is 28.3. The first-order chi connectivity index (χ1) is 16.0. The number of phosphoric acid groups is 1. The first-order valence-electron chi connectivity index (χ1n) is 9.96. The molecule has 0 spiro atoms. The summed E-state index contributed by atoms with van der Waals surface area (Å²) < 4.78 is 28.2. The maximum atomic E-state index is 11.5. The summed E-state index contributed by atoms with van der Waals surface area (Å²) in [6, 6.07) is -0.820. The molecule has 18 nitrogen and oxygen atoms in total. The Hall–Kier alpha value is -2.96. The van der Waals surface area contributed by atoms with E-state index in [4.69, 9.17) is 37.3 Å². The third kappa shape index (κ3) is 6.80. The SMILES string of the molecule is NC(N)=NCCC[C@H](N)C(=O)O.Nc1ncnc2c1ncn2[C@@H]1O[C@@H]2COP(=O)(O)O[C@H]2[C@H]1O.O. The number of anilines is 1. The fraction of sp³-hybridized carbons (Fsp3) is 0.562. The molecule has 35 heavy (non-hydrogen) atoms. The van der Waals surface area contributed by atoms with E-state index < -0.39 is 44.4 Å². The number of carboxylic acid groups (broad SMARTS) is 1. The molecular formula is C16H28N9O9P. The van der Waals surface area contributed by atoms with Crippen molar-refractivity contribution in [2.75, 3.05) is 18.9 Å². The van der Waals surface area contributed by atoms with Crippen LogP contribution in [-0.4, -0.2) is 89.5 Å². The number of guanidine groups is 1. The first-order valence-corrected chi connectivity index (χ1v) is 11.5. The van der Waals surface area contributed by atoms with E-state index in [0.717, 1.165) is 0 Å². The summed E-state index contributed by atoms with van der Waals surface area (Å²) >= 11 is 0. The van der Waals surface area contributed by atoms with Crippen molar-refractivity contribution < 1.29 is 43.7 Å². The van der Waals surface area contributed by atoms with Crippen LogP contribution < -0.4 is 22.9 Å². The minimum Gasteiger partial charge on any atom is -0.480 e. The Bertz CT molecular complexity index is 1100. The van der Waals surface area contributed by atoms with Crippen molar-refractivity contribution in [3.63, 3.8) is 0 Å². The number of nitrogen functional groups attached to an aromatic ring is 1. The van der Waals surface area contributed by atoms with E-state index >= 15 is 0 Å². The van der Waals surface area contributed by atoms with Crippen molar-refractivity contribution in [2.24, 2.45) is 22.2 Å². The predicted molar refractivity (Wildman–Crippen MR) is 119 cm³/mol. The van der Waals surface area contributed by atoms with Crippen molar-refractivity contribution in [1.29, 1.82) is 0 Å². The topological polar surface area (TPSA) is 314 Å². The maximum absolute atomic E-state index is 11.5. The average molecular weight is 521 g/mol. The van der Waals surface area contributed by atoms with Crippen LogP contribution >= 0.6 is 7.82 Å². The van der Waals surface area contributed by atoms with Gasteiger partial charge in [-0.2, -0.15) is 0 Å². The second-order valence-corrected chi connectivity index (χ2v) is 8.77. The lowest BCUT2D eigenvalue weighted by Gasteiger charge is -2.27. The van der Waals surface area contributed by atoms with Gasteiger partial charge in [-0.25, -0.2) is 19.5 Å². The average Bonchev–Trinajstić information content (AvgIpc) is 3.33. The van der Waals surface area contributed by atoms with E-state index in [1.165, 1.54) is 17.2 Å². The van der Waals surface area contributed by atoms with Crippen LogP contribution in [-0.2, 0) is 23.1 Å². The van der Waals surface area contributed by atoms with Gasteiger partial charge in [0.2, 0.25) is 0 Å². The highest BCUT2D eigenvalue weighted by Gasteiger charge is 2.52. The molecule has 0 amide bonds. The smallest absolute Gasteiger partial charge is 0.472 e. The third-order valence-corrected chi connectivity index (χ3v) is 5.90. The zero-order chi connectivity index (χ0) is 25.0. The van der Waals surface area contributed by atoms with Crippen LogP contribution in [0.5, 0.6) is 0 Å². The van der Waals surface area contributed by atoms with Gasteiger partial charge >= 0.3 is 13.8 Å². The zero-order valence-electron chi connectivity index (χ0n) is 18.2. The molecule has 0 saturated carbocycles. The van der Waals surface area contributed by atoms with Crippen molar-refractivity contribution >= 4 is 36.7 Å². The van der Waals surface area contributed by atoms with Gasteiger partial charge in [-0.05, 0) is 12.8 Å². The van der Waals surface area contributed by atoms with Crippen LogP contribution in [0.3, 0.4) is 0 Å². The highest BCUT2D eigenvalue weighted by atomic mass is 31.2. The van der Waals surface area contributed by atoms with Crippen LogP contribution in [0.25, 0.3) is 11.2 Å². The Kier molecular flexibility index (Phi) is 9.41. The largest absolute Gasteiger partial charge is 0.480 e. The van der Waals surface area contributed by atoms with E-state index in [0.29, 0.717) is 30.6 Å². The monoisotopic (exact) mass is 521 g/mol. The third-order valence-electron chi connectivity index (χ3n) is 4.91. The number of aliphatic hydroxyl groups excluding tert-OH is 1. The lowest BCUT2D eigenvalue weighted by Crippen LogP contribution is -2.39. The number of aliphatic carboxylic acids is 1. The normalized spacial score (nSPS) is 28.2. The number of aliphatic hydroxyl groups is 1. The molecule has 2 saturated heterocycles. The summed E-state index contributed by atoms with van der Waals surface area (Å²) in [7, 11) is -4.16. The molecule has 2 aromatic heterocycles. The van der Waals surface area contributed by atoms with Gasteiger partial charge in [0.15, 0.2) is 23.7 Å². The van der Waals surface area contributed by atoms with Crippen molar-refractivity contribution in [3.8, 4) is 0 Å². The highest BCUT2D eigenvalue weighted by Crippen LogP contribution is 2.52. The number of imidazole rings is 1. The summed E-state index contributed by atoms with van der Waals surface area (Å²) in [5, 5.41) is 18.7. The molecule has 4 heterocycles. The van der Waals surface area contributed by atoms with Gasteiger partial charge in [0, 0.05) is 6.54 Å². The number of ether oxygens (including phenoxy) is 1. The molecule has 6 atom stereocenters. The van der Waals surface area contributed by atoms with Crippen LogP contribution in [0, 0.1) is 0 Å². The van der Waals surface area contributed by atoms with Gasteiger partial charge in [-0.15, -0.1) is 0 Å². The number of carboxylic acids is 1.